The van der Waals surface area contributed by atoms with Gasteiger partial charge in [-0.1, -0.05) is 12.1 Å². The number of hydrogen-bond acceptors (Lipinski definition) is 4. The predicted octanol–water partition coefficient (Wildman–Crippen LogP) is -0.157. The summed E-state index contributed by atoms with van der Waals surface area (Å²) in [5, 5.41) is 4.90. The fraction of sp³-hybridized carbons (Fsp3) is 0.500. The molecule has 0 radical (unpaired) electrons. The number of rotatable bonds is 4. The quantitative estimate of drug-likeness (QED) is 0.759. The molecule has 0 aromatic heterocycles. The van der Waals surface area contributed by atoms with E-state index in [2.05, 4.69) is 51.7 Å². The number of amides is 2. The van der Waals surface area contributed by atoms with Gasteiger partial charge >= 0.3 is 11.8 Å². The molecule has 6 nitrogen and oxygen atoms in total. The van der Waals surface area contributed by atoms with Crippen LogP contribution in [0.2, 0.25) is 0 Å². The zero-order chi connectivity index (χ0) is 15.9. The molecule has 120 valence electrons. The molecule has 1 aliphatic rings. The van der Waals surface area contributed by atoms with Crippen molar-refractivity contribution in [2.45, 2.75) is 6.42 Å². The topological polar surface area (TPSA) is 64.7 Å². The van der Waals surface area contributed by atoms with Crippen molar-refractivity contribution in [3.05, 3.63) is 29.8 Å². The minimum atomic E-state index is -0.606. The molecule has 0 atom stereocenters. The van der Waals surface area contributed by atoms with Crippen LogP contribution in [0.4, 0.5) is 5.69 Å². The number of anilines is 1. The molecule has 0 bridgehead atoms. The van der Waals surface area contributed by atoms with Crippen molar-refractivity contribution in [1.82, 2.24) is 15.5 Å². The maximum atomic E-state index is 11.3. The Morgan fingerprint density at radius 3 is 2.27 bits per heavy atom. The Morgan fingerprint density at radius 1 is 1.05 bits per heavy atom. The first-order chi connectivity index (χ1) is 10.6. The molecule has 6 heteroatoms. The van der Waals surface area contributed by atoms with Gasteiger partial charge < -0.3 is 20.4 Å². The van der Waals surface area contributed by atoms with Crippen molar-refractivity contribution < 1.29 is 9.59 Å². The van der Waals surface area contributed by atoms with E-state index in [1.54, 1.807) is 0 Å². The smallest absolute Gasteiger partial charge is 0.309 e. The van der Waals surface area contributed by atoms with Gasteiger partial charge in [0.15, 0.2) is 0 Å². The number of nitrogens with zero attached hydrogens (tertiary/aromatic N) is 2. The van der Waals surface area contributed by atoms with Gasteiger partial charge in [-0.25, -0.2) is 0 Å². The van der Waals surface area contributed by atoms with Crippen LogP contribution < -0.4 is 15.5 Å². The van der Waals surface area contributed by atoms with E-state index in [0.717, 1.165) is 31.7 Å². The van der Waals surface area contributed by atoms with Crippen LogP contribution in [-0.4, -0.2) is 63.5 Å². The Hall–Kier alpha value is -2.08. The summed E-state index contributed by atoms with van der Waals surface area (Å²) in [4.78, 5) is 27.1. The van der Waals surface area contributed by atoms with Crippen LogP contribution in [0.5, 0.6) is 0 Å². The average Bonchev–Trinajstić information content (AvgIpc) is 2.55. The van der Waals surface area contributed by atoms with Gasteiger partial charge in [0.25, 0.3) is 0 Å². The van der Waals surface area contributed by atoms with Crippen molar-refractivity contribution in [2.24, 2.45) is 0 Å². The number of carbonyl (C=O) groups is 2. The van der Waals surface area contributed by atoms with Crippen molar-refractivity contribution in [1.29, 1.82) is 0 Å². The Morgan fingerprint density at radius 2 is 1.68 bits per heavy atom. The number of carbonyl (C=O) groups excluding carboxylic acids is 2. The van der Waals surface area contributed by atoms with Gasteiger partial charge in [-0.2, -0.15) is 0 Å². The van der Waals surface area contributed by atoms with Crippen LogP contribution in [0, 0.1) is 0 Å². The minimum Gasteiger partial charge on any atom is -0.369 e. The van der Waals surface area contributed by atoms with Gasteiger partial charge in [-0.3, -0.25) is 9.59 Å². The Bertz CT molecular complexity index is 507. The number of benzene rings is 1. The maximum absolute atomic E-state index is 11.3. The molecule has 1 aromatic carbocycles. The van der Waals surface area contributed by atoms with Crippen LogP contribution in [0.15, 0.2) is 24.3 Å². The maximum Gasteiger partial charge on any atom is 0.309 e. The number of hydrogen-bond donors (Lipinski definition) is 2. The highest BCUT2D eigenvalue weighted by molar-refractivity contribution is 6.34. The van der Waals surface area contributed by atoms with Crippen molar-refractivity contribution in [3.63, 3.8) is 0 Å². The third-order valence-corrected chi connectivity index (χ3v) is 3.94. The van der Waals surface area contributed by atoms with E-state index in [1.807, 2.05) is 0 Å². The molecule has 2 N–H and O–H groups in total. The average molecular weight is 304 g/mol. The zero-order valence-electron chi connectivity index (χ0n) is 13.3. The van der Waals surface area contributed by atoms with Crippen LogP contribution in [0.3, 0.4) is 0 Å². The zero-order valence-corrected chi connectivity index (χ0v) is 13.3. The molecule has 0 spiro atoms. The van der Waals surface area contributed by atoms with Crippen molar-refractivity contribution in [2.75, 3.05) is 51.7 Å². The van der Waals surface area contributed by atoms with Crippen molar-refractivity contribution in [3.8, 4) is 0 Å². The normalized spacial score (nSPS) is 15.5. The molecule has 1 aliphatic heterocycles. The highest BCUT2D eigenvalue weighted by atomic mass is 16.2. The Labute approximate surface area is 131 Å². The van der Waals surface area contributed by atoms with Gasteiger partial charge in [0, 0.05) is 45.5 Å². The Kier molecular flexibility index (Phi) is 5.77. The first kappa shape index (κ1) is 16.3. The minimum absolute atomic E-state index is 0.458. The first-order valence-corrected chi connectivity index (χ1v) is 7.62. The molecule has 2 amide bonds. The fourth-order valence-corrected chi connectivity index (χ4v) is 2.45. The summed E-state index contributed by atoms with van der Waals surface area (Å²) in [5.74, 6) is -1.19. The van der Waals surface area contributed by atoms with Crippen LogP contribution >= 0.6 is 0 Å². The highest BCUT2D eigenvalue weighted by Crippen LogP contribution is 2.17. The predicted molar refractivity (Wildman–Crippen MR) is 86.9 cm³/mol. The van der Waals surface area contributed by atoms with Gasteiger partial charge in [0.2, 0.25) is 0 Å². The lowest BCUT2D eigenvalue weighted by molar-refractivity contribution is -0.138. The molecule has 1 aromatic rings. The summed E-state index contributed by atoms with van der Waals surface area (Å²) in [6.07, 6.45) is 0.714. The lowest BCUT2D eigenvalue weighted by Gasteiger charge is -2.34. The molecule has 2 rings (SSSR count). The van der Waals surface area contributed by atoms with Gasteiger partial charge in [-0.15, -0.1) is 0 Å². The monoisotopic (exact) mass is 304 g/mol. The van der Waals surface area contributed by atoms with Crippen molar-refractivity contribution >= 4 is 17.5 Å². The van der Waals surface area contributed by atoms with E-state index < -0.39 is 11.8 Å². The number of piperazine rings is 1. The molecule has 0 saturated carbocycles. The van der Waals surface area contributed by atoms with E-state index in [1.165, 1.54) is 12.7 Å². The second-order valence-electron chi connectivity index (χ2n) is 5.54. The second-order valence-corrected chi connectivity index (χ2v) is 5.54. The van der Waals surface area contributed by atoms with Crippen LogP contribution in [0.25, 0.3) is 0 Å². The van der Waals surface area contributed by atoms with Gasteiger partial charge in [-0.05, 0) is 31.2 Å². The van der Waals surface area contributed by atoms with Crippen LogP contribution in [-0.2, 0) is 16.0 Å². The summed E-state index contributed by atoms with van der Waals surface area (Å²) in [6.45, 7) is 4.75. The van der Waals surface area contributed by atoms with Gasteiger partial charge in [0.1, 0.15) is 0 Å². The third-order valence-electron chi connectivity index (χ3n) is 3.94. The summed E-state index contributed by atoms with van der Waals surface area (Å²) >= 11 is 0. The van der Waals surface area contributed by atoms with E-state index in [9.17, 15) is 9.59 Å². The number of likely N-dealkylation sites (N-methyl/N-ethyl adjacent to an activating group) is 2. The molecule has 22 heavy (non-hydrogen) atoms. The van der Waals surface area contributed by atoms with E-state index in [0.29, 0.717) is 13.0 Å². The lowest BCUT2D eigenvalue weighted by atomic mass is 10.1. The lowest BCUT2D eigenvalue weighted by Crippen LogP contribution is -2.44. The molecule has 1 saturated heterocycles. The fourth-order valence-electron chi connectivity index (χ4n) is 2.45. The van der Waals surface area contributed by atoms with E-state index in [-0.39, 0.29) is 0 Å². The van der Waals surface area contributed by atoms with E-state index >= 15 is 0 Å². The second kappa shape index (κ2) is 7.79. The number of nitrogens with one attached hydrogen (secondary N) is 2. The molecule has 1 fully saturated rings. The molecule has 0 unspecified atom stereocenters. The molecule has 1 heterocycles. The van der Waals surface area contributed by atoms with Crippen LogP contribution in [0.1, 0.15) is 5.56 Å². The third kappa shape index (κ3) is 4.46. The SMILES string of the molecule is CNC(=O)C(=O)NCCc1ccc(N2CCN(C)CC2)cc1. The standard InChI is InChI=1S/C16H24N4O2/c1-17-15(21)16(22)18-8-7-13-3-5-14(6-4-13)20-11-9-19(2)10-12-20/h3-6H,7-12H2,1-2H3,(H,17,21)(H,18,22). The highest BCUT2D eigenvalue weighted by Gasteiger charge is 2.14. The molecule has 0 aliphatic carbocycles. The largest absolute Gasteiger partial charge is 0.369 e. The first-order valence-electron chi connectivity index (χ1n) is 7.62. The summed E-state index contributed by atoms with van der Waals surface area (Å²) in [6, 6.07) is 8.42. The summed E-state index contributed by atoms with van der Waals surface area (Å²) < 4.78 is 0. The Balaban J connectivity index is 1.79. The molecular weight excluding hydrogens is 280 g/mol. The molecular formula is C16H24N4O2. The summed E-state index contributed by atoms with van der Waals surface area (Å²) in [7, 11) is 3.59. The summed E-state index contributed by atoms with van der Waals surface area (Å²) in [5.41, 5.74) is 2.39. The van der Waals surface area contributed by atoms with E-state index in [4.69, 9.17) is 0 Å². The van der Waals surface area contributed by atoms with Gasteiger partial charge in [0.05, 0.1) is 0 Å².